The Morgan fingerprint density at radius 3 is 3.08 bits per heavy atom. The fourth-order valence-electron chi connectivity index (χ4n) is 1.14. The molecule has 0 aliphatic heterocycles. The number of hydrogen-bond acceptors (Lipinski definition) is 2. The second-order valence-corrected chi connectivity index (χ2v) is 2.78. The minimum Gasteiger partial charge on any atom is -0.383 e. The molecule has 3 heteroatoms. The van der Waals surface area contributed by atoms with Gasteiger partial charge in [0.2, 0.25) is 0 Å². The molecule has 12 heavy (non-hydrogen) atoms. The topological polar surface area (TPSA) is 26.2 Å². The Balaban J connectivity index is 2.41. The van der Waals surface area contributed by atoms with Crippen molar-refractivity contribution in [3.05, 3.63) is 24.0 Å². The highest BCUT2D eigenvalue weighted by molar-refractivity contribution is 5.09. The van der Waals surface area contributed by atoms with E-state index >= 15 is 0 Å². The predicted molar refractivity (Wildman–Crippen MR) is 49.1 cm³/mol. The van der Waals surface area contributed by atoms with Gasteiger partial charge in [0.25, 0.3) is 0 Å². The van der Waals surface area contributed by atoms with Crippen molar-refractivity contribution in [2.24, 2.45) is 0 Å². The van der Waals surface area contributed by atoms with Crippen molar-refractivity contribution >= 4 is 0 Å². The second kappa shape index (κ2) is 4.95. The maximum atomic E-state index is 4.98. The lowest BCUT2D eigenvalue weighted by atomic mass is 10.3. The zero-order valence-electron chi connectivity index (χ0n) is 7.71. The molecule has 0 atom stereocenters. The highest BCUT2D eigenvalue weighted by Crippen LogP contribution is 2.00. The monoisotopic (exact) mass is 168 g/mol. The van der Waals surface area contributed by atoms with E-state index in [1.807, 2.05) is 7.05 Å². The van der Waals surface area contributed by atoms with E-state index in [1.54, 1.807) is 7.11 Å². The number of aromatic nitrogens is 1. The van der Waals surface area contributed by atoms with Gasteiger partial charge in [-0.15, -0.1) is 0 Å². The normalized spacial score (nSPS) is 10.5. The van der Waals surface area contributed by atoms with Gasteiger partial charge in [-0.25, -0.2) is 0 Å². The third kappa shape index (κ3) is 2.68. The molecule has 68 valence electrons. The zero-order chi connectivity index (χ0) is 8.81. The van der Waals surface area contributed by atoms with E-state index in [9.17, 15) is 0 Å². The summed E-state index contributed by atoms with van der Waals surface area (Å²) >= 11 is 0. The highest BCUT2D eigenvalue weighted by atomic mass is 16.5. The van der Waals surface area contributed by atoms with Crippen LogP contribution in [-0.2, 0) is 17.8 Å². The van der Waals surface area contributed by atoms with Gasteiger partial charge < -0.3 is 14.6 Å². The number of rotatable bonds is 5. The average Bonchev–Trinajstić information content (AvgIpc) is 2.50. The first-order valence-electron chi connectivity index (χ1n) is 4.15. The summed E-state index contributed by atoms with van der Waals surface area (Å²) in [7, 11) is 3.67. The van der Waals surface area contributed by atoms with Crippen LogP contribution in [0.4, 0.5) is 0 Å². The van der Waals surface area contributed by atoms with Crippen LogP contribution in [0.15, 0.2) is 18.5 Å². The molecule has 0 radical (unpaired) electrons. The van der Waals surface area contributed by atoms with Crippen LogP contribution in [0.2, 0.25) is 0 Å². The molecule has 0 unspecified atom stereocenters. The quantitative estimate of drug-likeness (QED) is 0.705. The molecule has 3 nitrogen and oxygen atoms in total. The Labute approximate surface area is 73.3 Å². The van der Waals surface area contributed by atoms with Gasteiger partial charge in [-0.3, -0.25) is 0 Å². The summed E-state index contributed by atoms with van der Waals surface area (Å²) in [6.07, 6.45) is 4.21. The van der Waals surface area contributed by atoms with Crippen LogP contribution in [0.5, 0.6) is 0 Å². The molecule has 1 rings (SSSR count). The molecule has 0 fully saturated rings. The van der Waals surface area contributed by atoms with Crippen LogP contribution in [0.25, 0.3) is 0 Å². The molecule has 0 saturated heterocycles. The Hall–Kier alpha value is -0.800. The molecule has 1 aromatic rings. The van der Waals surface area contributed by atoms with Crippen molar-refractivity contribution in [3.8, 4) is 0 Å². The summed E-state index contributed by atoms with van der Waals surface area (Å²) in [5, 5.41) is 3.11. The number of ether oxygens (including phenoxy) is 1. The summed E-state index contributed by atoms with van der Waals surface area (Å²) in [6.45, 7) is 2.63. The lowest BCUT2D eigenvalue weighted by Gasteiger charge is -2.00. The molecule has 0 aliphatic carbocycles. The molecule has 0 bridgehead atoms. The van der Waals surface area contributed by atoms with Gasteiger partial charge >= 0.3 is 0 Å². The van der Waals surface area contributed by atoms with E-state index in [1.165, 1.54) is 5.56 Å². The van der Waals surface area contributed by atoms with E-state index in [2.05, 4.69) is 28.3 Å². The highest BCUT2D eigenvalue weighted by Gasteiger charge is 1.94. The van der Waals surface area contributed by atoms with E-state index in [-0.39, 0.29) is 0 Å². The van der Waals surface area contributed by atoms with Crippen molar-refractivity contribution in [1.82, 2.24) is 9.88 Å². The van der Waals surface area contributed by atoms with Gasteiger partial charge in [0.1, 0.15) is 0 Å². The van der Waals surface area contributed by atoms with Crippen LogP contribution >= 0.6 is 0 Å². The van der Waals surface area contributed by atoms with Crippen molar-refractivity contribution in [3.63, 3.8) is 0 Å². The van der Waals surface area contributed by atoms with Crippen LogP contribution < -0.4 is 5.32 Å². The van der Waals surface area contributed by atoms with Crippen molar-refractivity contribution < 1.29 is 4.74 Å². The lowest BCUT2D eigenvalue weighted by Crippen LogP contribution is -2.05. The first-order chi connectivity index (χ1) is 5.86. The number of nitrogens with one attached hydrogen (secondary N) is 1. The first-order valence-corrected chi connectivity index (χ1v) is 4.15. The number of nitrogens with zero attached hydrogens (tertiary/aromatic N) is 1. The molecule has 0 amide bonds. The van der Waals surface area contributed by atoms with Gasteiger partial charge in [-0.2, -0.15) is 0 Å². The molecule has 0 spiro atoms. The van der Waals surface area contributed by atoms with Gasteiger partial charge in [-0.05, 0) is 18.7 Å². The van der Waals surface area contributed by atoms with Gasteiger partial charge in [-0.1, -0.05) is 0 Å². The largest absolute Gasteiger partial charge is 0.383 e. The molecule has 1 N–H and O–H groups in total. The standard InChI is InChI=1S/C9H16N2O/c1-10-7-9-3-4-11(8-9)5-6-12-2/h3-4,8,10H,5-7H2,1-2H3. The number of hydrogen-bond donors (Lipinski definition) is 1. The van der Waals surface area contributed by atoms with Gasteiger partial charge in [0, 0.05) is 32.6 Å². The van der Waals surface area contributed by atoms with Crippen LogP contribution in [0.1, 0.15) is 5.56 Å². The molecular weight excluding hydrogens is 152 g/mol. The fraction of sp³-hybridized carbons (Fsp3) is 0.556. The maximum absolute atomic E-state index is 4.98. The third-order valence-electron chi connectivity index (χ3n) is 1.75. The van der Waals surface area contributed by atoms with Crippen molar-refractivity contribution in [2.75, 3.05) is 20.8 Å². The Morgan fingerprint density at radius 1 is 1.58 bits per heavy atom. The minimum atomic E-state index is 0.772. The van der Waals surface area contributed by atoms with Crippen molar-refractivity contribution in [1.29, 1.82) is 0 Å². The van der Waals surface area contributed by atoms with E-state index < -0.39 is 0 Å². The third-order valence-corrected chi connectivity index (χ3v) is 1.75. The Kier molecular flexibility index (Phi) is 3.84. The SMILES string of the molecule is CNCc1ccn(CCOC)c1. The van der Waals surface area contributed by atoms with Gasteiger partial charge in [0.05, 0.1) is 6.61 Å². The van der Waals surface area contributed by atoms with E-state index in [4.69, 9.17) is 4.74 Å². The molecule has 0 saturated carbocycles. The molecule has 1 aromatic heterocycles. The zero-order valence-corrected chi connectivity index (χ0v) is 7.71. The Morgan fingerprint density at radius 2 is 2.42 bits per heavy atom. The lowest BCUT2D eigenvalue weighted by molar-refractivity contribution is 0.187. The smallest absolute Gasteiger partial charge is 0.0641 e. The molecule has 0 aliphatic rings. The van der Waals surface area contributed by atoms with E-state index in [0.29, 0.717) is 0 Å². The Bertz CT molecular complexity index is 220. The first kappa shape index (κ1) is 9.29. The van der Waals surface area contributed by atoms with Crippen LogP contribution in [0, 0.1) is 0 Å². The summed E-state index contributed by atoms with van der Waals surface area (Å²) in [5.41, 5.74) is 1.31. The molecular formula is C9H16N2O. The second-order valence-electron chi connectivity index (χ2n) is 2.78. The minimum absolute atomic E-state index is 0.772. The molecule has 1 heterocycles. The molecule has 0 aromatic carbocycles. The van der Waals surface area contributed by atoms with Crippen LogP contribution in [0.3, 0.4) is 0 Å². The fourth-order valence-corrected chi connectivity index (χ4v) is 1.14. The average molecular weight is 168 g/mol. The van der Waals surface area contributed by atoms with E-state index in [0.717, 1.165) is 19.7 Å². The summed E-state index contributed by atoms with van der Waals surface area (Å²) in [4.78, 5) is 0. The maximum Gasteiger partial charge on any atom is 0.0641 e. The van der Waals surface area contributed by atoms with Crippen molar-refractivity contribution in [2.45, 2.75) is 13.1 Å². The van der Waals surface area contributed by atoms with Gasteiger partial charge in [0.15, 0.2) is 0 Å². The summed E-state index contributed by atoms with van der Waals surface area (Å²) in [6, 6.07) is 2.12. The predicted octanol–water partition coefficient (Wildman–Crippen LogP) is 0.854. The summed E-state index contributed by atoms with van der Waals surface area (Å²) < 4.78 is 7.11. The number of methoxy groups -OCH3 is 1. The van der Waals surface area contributed by atoms with Crippen LogP contribution in [-0.4, -0.2) is 25.3 Å². The summed E-state index contributed by atoms with van der Waals surface area (Å²) in [5.74, 6) is 0.